The van der Waals surface area contributed by atoms with Gasteiger partial charge in [-0.15, -0.1) is 11.3 Å². The van der Waals surface area contributed by atoms with Gasteiger partial charge in [0.15, 0.2) is 0 Å². The number of halogens is 1. The molecule has 8 heteroatoms. The first-order valence-corrected chi connectivity index (χ1v) is 9.91. The lowest BCUT2D eigenvalue weighted by molar-refractivity contribution is 0.102. The number of fused-ring (bicyclic) bond motifs is 1. The highest BCUT2D eigenvalue weighted by molar-refractivity contribution is 7.20. The van der Waals surface area contributed by atoms with E-state index in [0.717, 1.165) is 5.56 Å². The molecule has 0 aliphatic carbocycles. The van der Waals surface area contributed by atoms with Crippen LogP contribution in [0.4, 0.5) is 5.69 Å². The molecule has 0 radical (unpaired) electrons. The third kappa shape index (κ3) is 3.62. The lowest BCUT2D eigenvalue weighted by Crippen LogP contribution is -2.13. The number of anilines is 1. The third-order valence-electron chi connectivity index (χ3n) is 4.48. The molecule has 1 amide bonds. The van der Waals surface area contributed by atoms with Crippen molar-refractivity contribution in [2.75, 3.05) is 12.4 Å². The van der Waals surface area contributed by atoms with Gasteiger partial charge in [-0.25, -0.2) is 4.98 Å². The topological polar surface area (TPSA) is 84.1 Å². The van der Waals surface area contributed by atoms with E-state index in [1.54, 1.807) is 49.4 Å². The summed E-state index contributed by atoms with van der Waals surface area (Å²) < 4.78 is 5.28. The maximum atomic E-state index is 12.9. The van der Waals surface area contributed by atoms with Crippen molar-refractivity contribution in [3.8, 4) is 17.1 Å². The minimum Gasteiger partial charge on any atom is -0.495 e. The molecule has 4 rings (SSSR count). The second-order valence-electron chi connectivity index (χ2n) is 6.31. The Labute approximate surface area is 175 Å². The normalized spacial score (nSPS) is 10.9. The third-order valence-corrected chi connectivity index (χ3v) is 5.92. The number of nitrogens with zero attached hydrogens (tertiary/aromatic N) is 1. The summed E-state index contributed by atoms with van der Waals surface area (Å²) in [6.45, 7) is 1.74. The zero-order chi connectivity index (χ0) is 20.5. The average molecular weight is 426 g/mol. The highest BCUT2D eigenvalue weighted by Gasteiger charge is 2.20. The second-order valence-corrected chi connectivity index (χ2v) is 7.75. The predicted octanol–water partition coefficient (Wildman–Crippen LogP) is 4.87. The number of nitrogens with one attached hydrogen (secondary N) is 2. The number of rotatable bonds is 4. The lowest BCUT2D eigenvalue weighted by atomic mass is 10.2. The van der Waals surface area contributed by atoms with Crippen LogP contribution < -0.4 is 15.6 Å². The van der Waals surface area contributed by atoms with E-state index in [2.05, 4.69) is 15.3 Å². The van der Waals surface area contributed by atoms with Crippen molar-refractivity contribution in [3.05, 3.63) is 74.3 Å². The number of methoxy groups -OCH3 is 1. The van der Waals surface area contributed by atoms with Gasteiger partial charge < -0.3 is 15.0 Å². The first-order chi connectivity index (χ1) is 14.0. The van der Waals surface area contributed by atoms with Crippen molar-refractivity contribution in [1.29, 1.82) is 0 Å². The highest BCUT2D eigenvalue weighted by atomic mass is 35.5. The molecule has 2 aromatic carbocycles. The van der Waals surface area contributed by atoms with Gasteiger partial charge >= 0.3 is 0 Å². The Bertz CT molecular complexity index is 1280. The van der Waals surface area contributed by atoms with E-state index < -0.39 is 0 Å². The van der Waals surface area contributed by atoms with Crippen molar-refractivity contribution in [2.45, 2.75) is 6.92 Å². The Morgan fingerprint density at radius 2 is 1.90 bits per heavy atom. The van der Waals surface area contributed by atoms with E-state index in [0.29, 0.717) is 42.9 Å². The molecule has 2 aromatic heterocycles. The number of ether oxygens (including phenoxy) is 1. The molecule has 29 heavy (non-hydrogen) atoms. The fourth-order valence-electron chi connectivity index (χ4n) is 3.03. The van der Waals surface area contributed by atoms with Crippen molar-refractivity contribution >= 4 is 44.7 Å². The molecular weight excluding hydrogens is 410 g/mol. The molecule has 0 aliphatic heterocycles. The molecule has 4 aromatic rings. The van der Waals surface area contributed by atoms with E-state index in [-0.39, 0.29) is 11.5 Å². The Hall–Kier alpha value is -3.16. The standard InChI is InChI=1S/C21H16ClN3O3S/c1-11-16-19(26)24-18(12-7-9-13(22)10-8-12)25-21(16)29-17(11)20(27)23-14-5-3-4-6-15(14)28-2/h3-10H,1-2H3,(H,23,27)(H,24,25,26). The molecule has 146 valence electrons. The maximum absolute atomic E-state index is 12.9. The van der Waals surface area contributed by atoms with Crippen molar-refractivity contribution < 1.29 is 9.53 Å². The molecule has 2 N–H and O–H groups in total. The van der Waals surface area contributed by atoms with E-state index in [9.17, 15) is 9.59 Å². The predicted molar refractivity (Wildman–Crippen MR) is 116 cm³/mol. The molecule has 6 nitrogen and oxygen atoms in total. The first kappa shape index (κ1) is 19.2. The quantitative estimate of drug-likeness (QED) is 0.488. The summed E-state index contributed by atoms with van der Waals surface area (Å²) in [5, 5.41) is 3.85. The van der Waals surface area contributed by atoms with Gasteiger partial charge in [0.1, 0.15) is 16.4 Å². The SMILES string of the molecule is COc1ccccc1NC(=O)c1sc2nc(-c3ccc(Cl)cc3)[nH]c(=O)c2c1C. The number of hydrogen-bond acceptors (Lipinski definition) is 5. The van der Waals surface area contributed by atoms with Crippen molar-refractivity contribution in [1.82, 2.24) is 9.97 Å². The average Bonchev–Trinajstić information content (AvgIpc) is 3.06. The van der Waals surface area contributed by atoms with Gasteiger partial charge in [0, 0.05) is 10.6 Å². The molecule has 0 aliphatic rings. The zero-order valence-corrected chi connectivity index (χ0v) is 17.1. The Balaban J connectivity index is 1.75. The molecule has 0 fully saturated rings. The van der Waals surface area contributed by atoms with Gasteiger partial charge in [-0.1, -0.05) is 23.7 Å². The monoisotopic (exact) mass is 425 g/mol. The summed E-state index contributed by atoms with van der Waals surface area (Å²) >= 11 is 7.11. The number of thiophene rings is 1. The number of aryl methyl sites for hydroxylation is 1. The zero-order valence-electron chi connectivity index (χ0n) is 15.6. The van der Waals surface area contributed by atoms with Crippen LogP contribution in [0.15, 0.2) is 53.3 Å². The van der Waals surface area contributed by atoms with E-state index >= 15 is 0 Å². The summed E-state index contributed by atoms with van der Waals surface area (Å²) in [7, 11) is 1.54. The summed E-state index contributed by atoms with van der Waals surface area (Å²) in [5.41, 5.74) is 1.60. The van der Waals surface area contributed by atoms with Gasteiger partial charge in [0.05, 0.1) is 23.1 Å². The Kier molecular flexibility index (Phi) is 5.08. The van der Waals surface area contributed by atoms with Crippen molar-refractivity contribution in [2.24, 2.45) is 0 Å². The summed E-state index contributed by atoms with van der Waals surface area (Å²) in [4.78, 5) is 33.8. The first-order valence-electron chi connectivity index (χ1n) is 8.71. The number of hydrogen-bond donors (Lipinski definition) is 2. The van der Waals surface area contributed by atoms with E-state index in [4.69, 9.17) is 16.3 Å². The van der Waals surface area contributed by atoms with Crippen LogP contribution in [0.5, 0.6) is 5.75 Å². The molecule has 0 bridgehead atoms. The number of amides is 1. The smallest absolute Gasteiger partial charge is 0.266 e. The Morgan fingerprint density at radius 3 is 2.62 bits per heavy atom. The van der Waals surface area contributed by atoms with Gasteiger partial charge in [-0.3, -0.25) is 9.59 Å². The molecule has 0 saturated heterocycles. The van der Waals surface area contributed by atoms with Crippen molar-refractivity contribution in [3.63, 3.8) is 0 Å². The number of aromatic amines is 1. The van der Waals surface area contributed by atoms with E-state index in [1.807, 2.05) is 6.07 Å². The number of H-pyrrole nitrogens is 1. The van der Waals surface area contributed by atoms with Crippen LogP contribution in [0.2, 0.25) is 5.02 Å². The maximum Gasteiger partial charge on any atom is 0.266 e. The van der Waals surface area contributed by atoms with Crippen LogP contribution in [0, 0.1) is 6.92 Å². The van der Waals surface area contributed by atoms with Gasteiger partial charge in [-0.2, -0.15) is 0 Å². The van der Waals surface area contributed by atoms with Crippen LogP contribution in [-0.2, 0) is 0 Å². The fraction of sp³-hybridized carbons (Fsp3) is 0.0952. The van der Waals surface area contributed by atoms with E-state index in [1.165, 1.54) is 18.4 Å². The minimum atomic E-state index is -0.317. The molecule has 2 heterocycles. The minimum absolute atomic E-state index is 0.287. The van der Waals surface area contributed by atoms with Gasteiger partial charge in [0.25, 0.3) is 11.5 Å². The summed E-state index contributed by atoms with van der Waals surface area (Å²) in [6, 6.07) is 14.2. The molecule has 0 spiro atoms. The van der Waals surface area contributed by atoms with Crippen LogP contribution in [0.3, 0.4) is 0 Å². The summed E-state index contributed by atoms with van der Waals surface area (Å²) in [5.74, 6) is 0.667. The summed E-state index contributed by atoms with van der Waals surface area (Å²) in [6.07, 6.45) is 0. The highest BCUT2D eigenvalue weighted by Crippen LogP contribution is 2.31. The van der Waals surface area contributed by atoms with Crippen LogP contribution in [0.25, 0.3) is 21.6 Å². The number of aromatic nitrogens is 2. The molecular formula is C21H16ClN3O3S. The van der Waals surface area contributed by atoms with Gasteiger partial charge in [0.2, 0.25) is 0 Å². The number of carbonyl (C=O) groups excluding carboxylic acids is 1. The van der Waals surface area contributed by atoms with Gasteiger partial charge in [-0.05, 0) is 48.9 Å². The largest absolute Gasteiger partial charge is 0.495 e. The Morgan fingerprint density at radius 1 is 1.17 bits per heavy atom. The lowest BCUT2D eigenvalue weighted by Gasteiger charge is -2.09. The van der Waals surface area contributed by atoms with Crippen LogP contribution in [0.1, 0.15) is 15.2 Å². The second kappa shape index (κ2) is 7.69. The van der Waals surface area contributed by atoms with Crippen LogP contribution in [-0.4, -0.2) is 23.0 Å². The number of benzene rings is 2. The number of carbonyl (C=O) groups is 1. The van der Waals surface area contributed by atoms with Crippen LogP contribution >= 0.6 is 22.9 Å². The molecule has 0 atom stereocenters. The number of para-hydroxylation sites is 2. The molecule has 0 unspecified atom stereocenters. The fourth-order valence-corrected chi connectivity index (χ4v) is 4.23. The molecule has 0 saturated carbocycles.